The van der Waals surface area contributed by atoms with E-state index in [1.54, 1.807) is 4.68 Å². The molecule has 3 aromatic rings. The molecule has 0 atom stereocenters. The number of ether oxygens (including phenoxy) is 1. The largest absolute Gasteiger partial charge is 0.494 e. The number of nitrogens with zero attached hydrogens (tertiary/aromatic N) is 1. The maximum absolute atomic E-state index is 13.2. The molecule has 0 saturated heterocycles. The van der Waals surface area contributed by atoms with Crippen LogP contribution in [0, 0.1) is 6.92 Å². The average molecular weight is 391 g/mol. The Balaban J connectivity index is 2.26. The zero-order valence-electron chi connectivity index (χ0n) is 18.0. The Bertz CT molecular complexity index is 1150. The van der Waals surface area contributed by atoms with Gasteiger partial charge in [-0.05, 0) is 73.2 Å². The standard InChI is InChI=1S/C25H30N2O2/c1-6-11-23-22(25(28)27(26-23)20-12-9-8-10-13-20)16-19-15-21(17(3)4)24(29-7-2)14-18(19)5/h8-17,26H,6-7H2,1-5H3. The fraction of sp³-hybridized carbons (Fsp3) is 0.320. The van der Waals surface area contributed by atoms with Crippen LogP contribution in [0.5, 0.6) is 5.75 Å². The lowest BCUT2D eigenvalue weighted by Crippen LogP contribution is -2.34. The third-order valence-electron chi connectivity index (χ3n) is 5.00. The number of rotatable bonds is 6. The van der Waals surface area contributed by atoms with Gasteiger partial charge in [0.25, 0.3) is 5.56 Å². The topological polar surface area (TPSA) is 47.0 Å². The smallest absolute Gasteiger partial charge is 0.279 e. The summed E-state index contributed by atoms with van der Waals surface area (Å²) in [5, 5.41) is 4.80. The van der Waals surface area contributed by atoms with Gasteiger partial charge in [0.05, 0.1) is 22.9 Å². The fourth-order valence-corrected chi connectivity index (χ4v) is 3.48. The molecule has 0 bridgehead atoms. The van der Waals surface area contributed by atoms with E-state index in [2.05, 4.69) is 51.0 Å². The number of aromatic nitrogens is 2. The minimum Gasteiger partial charge on any atom is -0.494 e. The third-order valence-corrected chi connectivity index (χ3v) is 5.00. The summed E-state index contributed by atoms with van der Waals surface area (Å²) >= 11 is 0. The molecule has 29 heavy (non-hydrogen) atoms. The molecule has 0 unspecified atom stereocenters. The highest BCUT2D eigenvalue weighted by molar-refractivity contribution is 5.58. The van der Waals surface area contributed by atoms with Gasteiger partial charge in [-0.25, -0.2) is 4.68 Å². The van der Waals surface area contributed by atoms with Gasteiger partial charge in [-0.3, -0.25) is 9.89 Å². The Kier molecular flexibility index (Phi) is 6.42. The summed E-state index contributed by atoms with van der Waals surface area (Å²) in [6, 6.07) is 13.9. The van der Waals surface area contributed by atoms with Crippen LogP contribution in [-0.4, -0.2) is 16.4 Å². The molecule has 1 aromatic heterocycles. The molecule has 0 saturated carbocycles. The van der Waals surface area contributed by atoms with Crippen molar-refractivity contribution in [3.63, 3.8) is 0 Å². The highest BCUT2D eigenvalue weighted by Crippen LogP contribution is 2.30. The van der Waals surface area contributed by atoms with E-state index in [9.17, 15) is 4.79 Å². The van der Waals surface area contributed by atoms with Crippen LogP contribution in [-0.2, 0) is 0 Å². The summed E-state index contributed by atoms with van der Waals surface area (Å²) in [6.07, 6.45) is 4.89. The molecule has 1 N–H and O–H groups in total. The highest BCUT2D eigenvalue weighted by Gasteiger charge is 2.12. The third kappa shape index (κ3) is 4.37. The summed E-state index contributed by atoms with van der Waals surface area (Å²) < 4.78 is 7.45. The summed E-state index contributed by atoms with van der Waals surface area (Å²) in [5.41, 5.74) is 4.07. The zero-order chi connectivity index (χ0) is 21.0. The van der Waals surface area contributed by atoms with Crippen LogP contribution in [0.25, 0.3) is 17.8 Å². The molecule has 152 valence electrons. The Labute approximate surface area is 172 Å². The Hall–Kier alpha value is -3.01. The molecule has 4 nitrogen and oxygen atoms in total. The monoisotopic (exact) mass is 390 g/mol. The van der Waals surface area contributed by atoms with Crippen molar-refractivity contribution in [2.24, 2.45) is 0 Å². The van der Waals surface area contributed by atoms with E-state index < -0.39 is 0 Å². The number of H-pyrrole nitrogens is 1. The number of aryl methyl sites for hydroxylation is 1. The van der Waals surface area contributed by atoms with Crippen molar-refractivity contribution >= 4 is 12.2 Å². The van der Waals surface area contributed by atoms with Gasteiger partial charge < -0.3 is 4.74 Å². The predicted molar refractivity (Wildman–Crippen MR) is 120 cm³/mol. The van der Waals surface area contributed by atoms with Gasteiger partial charge in [0.15, 0.2) is 0 Å². The number of aromatic amines is 1. The van der Waals surface area contributed by atoms with Gasteiger partial charge in [-0.2, -0.15) is 0 Å². The Morgan fingerprint density at radius 3 is 2.48 bits per heavy atom. The van der Waals surface area contributed by atoms with Gasteiger partial charge in [0.1, 0.15) is 5.75 Å². The van der Waals surface area contributed by atoms with Gasteiger partial charge in [0, 0.05) is 0 Å². The van der Waals surface area contributed by atoms with E-state index in [0.717, 1.165) is 39.9 Å². The number of hydrogen-bond donors (Lipinski definition) is 1. The van der Waals surface area contributed by atoms with E-state index in [1.807, 2.05) is 43.3 Å². The van der Waals surface area contributed by atoms with E-state index in [-0.39, 0.29) is 5.56 Å². The molecule has 1 heterocycles. The van der Waals surface area contributed by atoms with Crippen LogP contribution in [0.4, 0.5) is 0 Å². The minimum absolute atomic E-state index is 0.0460. The van der Waals surface area contributed by atoms with Crippen LogP contribution >= 0.6 is 0 Å². The Morgan fingerprint density at radius 1 is 1.14 bits per heavy atom. The van der Waals surface area contributed by atoms with Crippen molar-refractivity contribution in [2.75, 3.05) is 6.61 Å². The van der Waals surface area contributed by atoms with E-state index in [0.29, 0.717) is 17.7 Å². The van der Waals surface area contributed by atoms with Crippen LogP contribution in [0.1, 0.15) is 56.7 Å². The first-order chi connectivity index (χ1) is 14.0. The predicted octanol–water partition coefficient (Wildman–Crippen LogP) is 4.02. The van der Waals surface area contributed by atoms with Crippen LogP contribution in [0.3, 0.4) is 0 Å². The van der Waals surface area contributed by atoms with Crippen LogP contribution < -0.4 is 20.9 Å². The highest BCUT2D eigenvalue weighted by atomic mass is 16.5. The second-order valence-electron chi connectivity index (χ2n) is 7.51. The van der Waals surface area contributed by atoms with Crippen molar-refractivity contribution in [3.05, 3.63) is 80.1 Å². The Morgan fingerprint density at radius 2 is 1.86 bits per heavy atom. The molecule has 3 rings (SSSR count). The molecule has 4 heteroatoms. The molecule has 0 aliphatic heterocycles. The molecule has 0 aliphatic rings. The lowest BCUT2D eigenvalue weighted by molar-refractivity contribution is 0.335. The zero-order valence-corrected chi connectivity index (χ0v) is 18.0. The number of benzene rings is 2. The van der Waals surface area contributed by atoms with Crippen LogP contribution in [0.15, 0.2) is 47.3 Å². The number of hydrogen-bond acceptors (Lipinski definition) is 2. The normalized spacial score (nSPS) is 12.8. The molecular formula is C25H30N2O2. The number of para-hydroxylation sites is 1. The maximum atomic E-state index is 13.2. The van der Waals surface area contributed by atoms with Crippen LogP contribution in [0.2, 0.25) is 0 Å². The fourth-order valence-electron chi connectivity index (χ4n) is 3.48. The van der Waals surface area contributed by atoms with Gasteiger partial charge in [0.2, 0.25) is 0 Å². The van der Waals surface area contributed by atoms with Crippen molar-refractivity contribution in [1.82, 2.24) is 9.78 Å². The second kappa shape index (κ2) is 8.99. The van der Waals surface area contributed by atoms with Crippen molar-refractivity contribution in [3.8, 4) is 11.4 Å². The molecule has 2 aromatic carbocycles. The first-order valence-electron chi connectivity index (χ1n) is 10.3. The molecule has 0 fully saturated rings. The SMILES string of the molecule is CCC=c1[nH]n(-c2ccccc2)c(=O)c1=Cc1cc(C(C)C)c(OCC)cc1C. The van der Waals surface area contributed by atoms with Crippen molar-refractivity contribution in [2.45, 2.75) is 47.0 Å². The van der Waals surface area contributed by atoms with Gasteiger partial charge in [-0.1, -0.05) is 45.0 Å². The minimum atomic E-state index is -0.0460. The summed E-state index contributed by atoms with van der Waals surface area (Å²) in [7, 11) is 0. The second-order valence-corrected chi connectivity index (χ2v) is 7.51. The van der Waals surface area contributed by atoms with E-state index in [4.69, 9.17) is 4.74 Å². The summed E-state index contributed by atoms with van der Waals surface area (Å²) in [5.74, 6) is 1.26. The van der Waals surface area contributed by atoms with E-state index in [1.165, 1.54) is 0 Å². The number of nitrogens with one attached hydrogen (secondary N) is 1. The molecule has 0 spiro atoms. The molecule has 0 radical (unpaired) electrons. The average Bonchev–Trinajstić information content (AvgIpc) is 3.00. The summed E-state index contributed by atoms with van der Waals surface area (Å²) in [6.45, 7) is 11.1. The quantitative estimate of drug-likeness (QED) is 0.691. The molecule has 0 aliphatic carbocycles. The van der Waals surface area contributed by atoms with E-state index >= 15 is 0 Å². The first kappa shape index (κ1) is 20.7. The lowest BCUT2D eigenvalue weighted by atomic mass is 9.96. The lowest BCUT2D eigenvalue weighted by Gasteiger charge is -2.15. The van der Waals surface area contributed by atoms with Gasteiger partial charge in [-0.15, -0.1) is 0 Å². The summed E-state index contributed by atoms with van der Waals surface area (Å²) in [4.78, 5) is 13.2. The van der Waals surface area contributed by atoms with Crippen molar-refractivity contribution < 1.29 is 4.74 Å². The molecular weight excluding hydrogens is 360 g/mol. The van der Waals surface area contributed by atoms with Crippen molar-refractivity contribution in [1.29, 1.82) is 0 Å². The molecule has 0 amide bonds. The van der Waals surface area contributed by atoms with Gasteiger partial charge >= 0.3 is 0 Å². The first-order valence-corrected chi connectivity index (χ1v) is 10.3. The maximum Gasteiger partial charge on any atom is 0.279 e.